The number of rotatable bonds is 3. The molecule has 1 unspecified atom stereocenters. The highest BCUT2D eigenvalue weighted by Crippen LogP contribution is 2.52. The summed E-state index contributed by atoms with van der Waals surface area (Å²) in [7, 11) is 0. The summed E-state index contributed by atoms with van der Waals surface area (Å²) in [6.45, 7) is 8.67. The lowest BCUT2D eigenvalue weighted by atomic mass is 9.78. The number of hydrogen-bond acceptors (Lipinski definition) is 3. The van der Waals surface area contributed by atoms with Crippen LogP contribution in [0.3, 0.4) is 0 Å². The second-order valence-corrected chi connectivity index (χ2v) is 6.57. The molecular formula is C13H23NO2. The number of nitrogens with two attached hydrogens (primary N) is 1. The van der Waals surface area contributed by atoms with Gasteiger partial charge in [0, 0.05) is 17.9 Å². The average molecular weight is 225 g/mol. The van der Waals surface area contributed by atoms with Crippen LogP contribution in [-0.4, -0.2) is 23.5 Å². The molecule has 3 nitrogen and oxygen atoms in total. The number of ether oxygens (including phenoxy) is 1. The quantitative estimate of drug-likeness (QED) is 0.798. The Balaban J connectivity index is 2.19. The van der Waals surface area contributed by atoms with E-state index in [2.05, 4.69) is 13.8 Å². The first kappa shape index (κ1) is 12.1. The summed E-state index contributed by atoms with van der Waals surface area (Å²) in [6, 6.07) is 0. The fraction of sp³-hybridized carbons (Fsp3) is 0.923. The van der Waals surface area contributed by atoms with Crippen molar-refractivity contribution in [3.05, 3.63) is 0 Å². The largest absolute Gasteiger partial charge is 0.369 e. The van der Waals surface area contributed by atoms with Gasteiger partial charge in [-0.1, -0.05) is 0 Å². The number of hydrogen-bond donors (Lipinski definition) is 1. The van der Waals surface area contributed by atoms with E-state index in [-0.39, 0.29) is 22.5 Å². The number of carbonyl (C=O) groups excluding carboxylic acids is 1. The minimum atomic E-state index is -0.342. The van der Waals surface area contributed by atoms with Crippen molar-refractivity contribution < 1.29 is 9.53 Å². The van der Waals surface area contributed by atoms with Crippen molar-refractivity contribution in [1.82, 2.24) is 0 Å². The predicted molar refractivity (Wildman–Crippen MR) is 63.1 cm³/mol. The molecule has 2 N–H and O–H groups in total. The van der Waals surface area contributed by atoms with Crippen molar-refractivity contribution in [3.63, 3.8) is 0 Å². The molecule has 16 heavy (non-hydrogen) atoms. The van der Waals surface area contributed by atoms with E-state index in [0.29, 0.717) is 12.3 Å². The first-order valence-corrected chi connectivity index (χ1v) is 6.17. The van der Waals surface area contributed by atoms with Crippen LogP contribution in [0.15, 0.2) is 0 Å². The van der Waals surface area contributed by atoms with Crippen molar-refractivity contribution in [2.75, 3.05) is 6.54 Å². The predicted octanol–water partition coefficient (Wildman–Crippen LogP) is 1.89. The van der Waals surface area contributed by atoms with Gasteiger partial charge in [-0.2, -0.15) is 0 Å². The van der Waals surface area contributed by atoms with E-state index in [1.807, 2.05) is 13.8 Å². The van der Waals surface area contributed by atoms with Crippen LogP contribution in [0.4, 0.5) is 0 Å². The molecule has 3 heteroatoms. The molecule has 0 bridgehead atoms. The topological polar surface area (TPSA) is 52.3 Å². The number of ketones is 1. The van der Waals surface area contributed by atoms with Crippen LogP contribution in [0, 0.1) is 11.3 Å². The second kappa shape index (κ2) is 3.30. The fourth-order valence-electron chi connectivity index (χ4n) is 3.04. The minimum absolute atomic E-state index is 0.00792. The fourth-order valence-corrected chi connectivity index (χ4v) is 3.04. The molecule has 1 aliphatic heterocycles. The summed E-state index contributed by atoms with van der Waals surface area (Å²) < 4.78 is 5.98. The van der Waals surface area contributed by atoms with Gasteiger partial charge in [0.05, 0.1) is 11.2 Å². The molecular weight excluding hydrogens is 202 g/mol. The average Bonchev–Trinajstić information content (AvgIpc) is 2.88. The zero-order chi connectivity index (χ0) is 12.2. The summed E-state index contributed by atoms with van der Waals surface area (Å²) in [6.07, 6.45) is 2.76. The Kier molecular flexibility index (Phi) is 2.48. The zero-order valence-corrected chi connectivity index (χ0v) is 10.8. The molecule has 0 aromatic rings. The van der Waals surface area contributed by atoms with Crippen molar-refractivity contribution in [3.8, 4) is 0 Å². The molecule has 1 saturated carbocycles. The number of Topliss-reactive ketones (excluding diaryl/α,β-unsaturated/α-hetero) is 1. The lowest BCUT2D eigenvalue weighted by Crippen LogP contribution is -2.40. The van der Waals surface area contributed by atoms with Gasteiger partial charge in [0.2, 0.25) is 0 Å². The standard InChI is InChI=1S/C13H23NO2/c1-11(2)7-9(12(3,4)16-11)10(15)13(8-14)5-6-13/h9H,5-8,14H2,1-4H3. The van der Waals surface area contributed by atoms with Gasteiger partial charge >= 0.3 is 0 Å². The molecule has 2 rings (SSSR count). The molecule has 0 amide bonds. The van der Waals surface area contributed by atoms with E-state index in [0.717, 1.165) is 19.3 Å². The first-order valence-electron chi connectivity index (χ1n) is 6.17. The molecule has 2 aliphatic rings. The van der Waals surface area contributed by atoms with Crippen molar-refractivity contribution in [1.29, 1.82) is 0 Å². The molecule has 1 aliphatic carbocycles. The van der Waals surface area contributed by atoms with Gasteiger partial charge in [0.15, 0.2) is 0 Å². The third-order valence-electron chi connectivity index (χ3n) is 4.16. The Morgan fingerprint density at radius 2 is 1.88 bits per heavy atom. The minimum Gasteiger partial charge on any atom is -0.369 e. The maximum Gasteiger partial charge on any atom is 0.146 e. The molecule has 1 heterocycles. The molecule has 92 valence electrons. The summed E-state index contributed by atoms with van der Waals surface area (Å²) in [5.41, 5.74) is 5.00. The van der Waals surface area contributed by atoms with Crippen LogP contribution in [0.25, 0.3) is 0 Å². The van der Waals surface area contributed by atoms with E-state index in [4.69, 9.17) is 10.5 Å². The first-order chi connectivity index (χ1) is 7.22. The summed E-state index contributed by atoms with van der Waals surface area (Å²) in [5.74, 6) is 0.346. The van der Waals surface area contributed by atoms with E-state index < -0.39 is 0 Å². The van der Waals surface area contributed by atoms with Gasteiger partial charge in [-0.15, -0.1) is 0 Å². The third kappa shape index (κ3) is 1.80. The Hall–Kier alpha value is -0.410. The Morgan fingerprint density at radius 1 is 1.31 bits per heavy atom. The van der Waals surface area contributed by atoms with Crippen molar-refractivity contribution in [2.45, 2.75) is 58.2 Å². The maximum absolute atomic E-state index is 12.5. The monoisotopic (exact) mass is 225 g/mol. The van der Waals surface area contributed by atoms with E-state index >= 15 is 0 Å². The van der Waals surface area contributed by atoms with Crippen molar-refractivity contribution >= 4 is 5.78 Å². The summed E-state index contributed by atoms with van der Waals surface area (Å²) in [4.78, 5) is 12.5. The van der Waals surface area contributed by atoms with Crippen molar-refractivity contribution in [2.24, 2.45) is 17.1 Å². The highest BCUT2D eigenvalue weighted by atomic mass is 16.5. The van der Waals surface area contributed by atoms with Gasteiger partial charge in [-0.25, -0.2) is 0 Å². The molecule has 0 spiro atoms. The highest BCUT2D eigenvalue weighted by Gasteiger charge is 2.57. The van der Waals surface area contributed by atoms with Gasteiger partial charge in [-0.05, 0) is 47.0 Å². The van der Waals surface area contributed by atoms with Crippen LogP contribution in [0.2, 0.25) is 0 Å². The number of carbonyl (C=O) groups is 1. The van der Waals surface area contributed by atoms with Gasteiger partial charge < -0.3 is 10.5 Å². The molecule has 1 saturated heterocycles. The SMILES string of the molecule is CC1(C)CC(C(=O)C2(CN)CC2)C(C)(C)O1. The smallest absolute Gasteiger partial charge is 0.146 e. The lowest BCUT2D eigenvalue weighted by molar-refractivity contribution is -0.134. The maximum atomic E-state index is 12.5. The normalized spacial score (nSPS) is 33.7. The molecule has 2 fully saturated rings. The van der Waals surface area contributed by atoms with Gasteiger partial charge in [0.1, 0.15) is 5.78 Å². The second-order valence-electron chi connectivity index (χ2n) is 6.57. The van der Waals surface area contributed by atoms with E-state index in [9.17, 15) is 4.79 Å². The lowest BCUT2D eigenvalue weighted by Gasteiger charge is -2.28. The zero-order valence-electron chi connectivity index (χ0n) is 10.8. The van der Waals surface area contributed by atoms with Crippen LogP contribution in [0.1, 0.15) is 47.0 Å². The van der Waals surface area contributed by atoms with E-state index in [1.54, 1.807) is 0 Å². The molecule has 1 atom stereocenters. The molecule has 0 aromatic heterocycles. The van der Waals surface area contributed by atoms with Crippen LogP contribution in [0.5, 0.6) is 0 Å². The Morgan fingerprint density at radius 3 is 2.19 bits per heavy atom. The van der Waals surface area contributed by atoms with E-state index in [1.165, 1.54) is 0 Å². The third-order valence-corrected chi connectivity index (χ3v) is 4.16. The van der Waals surface area contributed by atoms with Gasteiger partial charge in [0.25, 0.3) is 0 Å². The summed E-state index contributed by atoms with van der Waals surface area (Å²) >= 11 is 0. The summed E-state index contributed by atoms with van der Waals surface area (Å²) in [5, 5.41) is 0. The Labute approximate surface area is 97.7 Å². The Bertz CT molecular complexity index is 316. The van der Waals surface area contributed by atoms with Crippen LogP contribution >= 0.6 is 0 Å². The van der Waals surface area contributed by atoms with Crippen LogP contribution in [-0.2, 0) is 9.53 Å². The molecule has 0 aromatic carbocycles. The van der Waals surface area contributed by atoms with Crippen LogP contribution < -0.4 is 5.73 Å². The molecule has 0 radical (unpaired) electrons. The van der Waals surface area contributed by atoms with Gasteiger partial charge in [-0.3, -0.25) is 4.79 Å². The highest BCUT2D eigenvalue weighted by molar-refractivity contribution is 5.91.